The summed E-state index contributed by atoms with van der Waals surface area (Å²) < 4.78 is 20.5. The Kier molecular flexibility index (Phi) is 4.42. The summed E-state index contributed by atoms with van der Waals surface area (Å²) in [5, 5.41) is 7.79. The normalized spacial score (nSPS) is 10.5. The molecule has 5 nitrogen and oxygen atoms in total. The summed E-state index contributed by atoms with van der Waals surface area (Å²) in [5.41, 5.74) is 1.50. The van der Waals surface area contributed by atoms with E-state index in [0.29, 0.717) is 24.3 Å². The molecule has 0 amide bonds. The van der Waals surface area contributed by atoms with Crippen molar-refractivity contribution in [3.05, 3.63) is 77.4 Å². The summed E-state index contributed by atoms with van der Waals surface area (Å²) in [6.07, 6.45) is 0.638. The summed E-state index contributed by atoms with van der Waals surface area (Å²) in [4.78, 5) is 11.1. The highest BCUT2D eigenvalue weighted by Crippen LogP contribution is 2.14. The predicted molar refractivity (Wildman–Crippen MR) is 81.7 cm³/mol. The molecule has 0 aliphatic carbocycles. The van der Waals surface area contributed by atoms with Gasteiger partial charge in [-0.2, -0.15) is 0 Å². The average Bonchev–Trinajstić information content (AvgIpc) is 2.95. The molecule has 1 aromatic heterocycles. The van der Waals surface area contributed by atoms with E-state index in [-0.39, 0.29) is 18.1 Å². The number of aldehydes is 1. The van der Waals surface area contributed by atoms with Crippen LogP contribution in [0.3, 0.4) is 0 Å². The fraction of sp³-hybridized carbons (Fsp3) is 0.118. The van der Waals surface area contributed by atoms with Crippen molar-refractivity contribution in [3.63, 3.8) is 0 Å². The van der Waals surface area contributed by atoms with Gasteiger partial charge >= 0.3 is 0 Å². The number of aromatic nitrogens is 3. The van der Waals surface area contributed by atoms with E-state index in [0.717, 1.165) is 5.56 Å². The Morgan fingerprint density at radius 2 is 1.96 bits per heavy atom. The maximum absolute atomic E-state index is 13.3. The minimum atomic E-state index is -0.319. The van der Waals surface area contributed by atoms with E-state index >= 15 is 0 Å². The zero-order chi connectivity index (χ0) is 16.1. The Hall–Kier alpha value is -3.02. The molecule has 0 saturated heterocycles. The van der Waals surface area contributed by atoms with Crippen LogP contribution in [0.15, 0.2) is 54.6 Å². The Morgan fingerprint density at radius 3 is 2.70 bits per heavy atom. The Morgan fingerprint density at radius 1 is 1.13 bits per heavy atom. The smallest absolute Gasteiger partial charge is 0.172 e. The quantitative estimate of drug-likeness (QED) is 0.657. The highest BCUT2D eigenvalue weighted by atomic mass is 19.1. The van der Waals surface area contributed by atoms with Crippen molar-refractivity contribution in [1.29, 1.82) is 0 Å². The lowest BCUT2D eigenvalue weighted by Crippen LogP contribution is -2.10. The van der Waals surface area contributed by atoms with E-state index in [4.69, 9.17) is 4.74 Å². The summed E-state index contributed by atoms with van der Waals surface area (Å²) >= 11 is 0. The van der Waals surface area contributed by atoms with Gasteiger partial charge in [0.2, 0.25) is 0 Å². The molecule has 3 aromatic rings. The number of rotatable bonds is 6. The first-order valence-electron chi connectivity index (χ1n) is 7.06. The van der Waals surface area contributed by atoms with Crippen molar-refractivity contribution in [2.45, 2.75) is 13.2 Å². The van der Waals surface area contributed by atoms with E-state index in [1.807, 2.05) is 30.3 Å². The molecular weight excluding hydrogens is 297 g/mol. The molecule has 0 N–H and O–H groups in total. The van der Waals surface area contributed by atoms with Gasteiger partial charge in [0.25, 0.3) is 0 Å². The number of nitrogens with zero attached hydrogens (tertiary/aromatic N) is 3. The number of hydrogen-bond donors (Lipinski definition) is 0. The molecule has 0 atom stereocenters. The number of carbonyl (C=O) groups is 1. The zero-order valence-corrected chi connectivity index (χ0v) is 12.2. The van der Waals surface area contributed by atoms with Gasteiger partial charge in [-0.25, -0.2) is 9.07 Å². The van der Waals surface area contributed by atoms with Crippen LogP contribution in [0.4, 0.5) is 4.39 Å². The van der Waals surface area contributed by atoms with Gasteiger partial charge in [0.15, 0.2) is 12.0 Å². The molecule has 0 unspecified atom stereocenters. The molecule has 23 heavy (non-hydrogen) atoms. The first-order chi connectivity index (χ1) is 11.3. The summed E-state index contributed by atoms with van der Waals surface area (Å²) in [6.45, 7) is 0.465. The van der Waals surface area contributed by atoms with Crippen molar-refractivity contribution in [1.82, 2.24) is 15.0 Å². The van der Waals surface area contributed by atoms with E-state index in [1.54, 1.807) is 16.8 Å². The minimum absolute atomic E-state index is 0.153. The van der Waals surface area contributed by atoms with Crippen LogP contribution in [0, 0.1) is 5.82 Å². The molecule has 0 radical (unpaired) electrons. The Balaban J connectivity index is 1.81. The zero-order valence-electron chi connectivity index (χ0n) is 12.2. The third-order valence-corrected chi connectivity index (χ3v) is 3.32. The van der Waals surface area contributed by atoms with Gasteiger partial charge in [-0.1, -0.05) is 35.5 Å². The lowest BCUT2D eigenvalue weighted by atomic mass is 10.2. The molecule has 6 heteroatoms. The highest BCUT2D eigenvalue weighted by molar-refractivity contribution is 5.73. The van der Waals surface area contributed by atoms with Crippen LogP contribution in [0.25, 0.3) is 0 Å². The number of para-hydroxylation sites is 1. The second-order valence-corrected chi connectivity index (χ2v) is 4.93. The lowest BCUT2D eigenvalue weighted by molar-refractivity contribution is 0.111. The fourth-order valence-corrected chi connectivity index (χ4v) is 2.19. The molecule has 2 aromatic carbocycles. The Bertz CT molecular complexity index is 803. The molecule has 3 rings (SSSR count). The summed E-state index contributed by atoms with van der Waals surface area (Å²) in [6, 6.07) is 15.5. The van der Waals surface area contributed by atoms with Crippen molar-refractivity contribution in [3.8, 4) is 5.75 Å². The van der Waals surface area contributed by atoms with Crippen LogP contribution in [0.2, 0.25) is 0 Å². The van der Waals surface area contributed by atoms with E-state index < -0.39 is 0 Å². The van der Waals surface area contributed by atoms with Gasteiger partial charge in [-0.15, -0.1) is 5.10 Å². The second-order valence-electron chi connectivity index (χ2n) is 4.93. The highest BCUT2D eigenvalue weighted by Gasteiger charge is 2.13. The molecule has 0 bridgehead atoms. The summed E-state index contributed by atoms with van der Waals surface area (Å²) in [7, 11) is 0. The first kappa shape index (κ1) is 14.9. The lowest BCUT2D eigenvalue weighted by Gasteiger charge is -2.09. The van der Waals surface area contributed by atoms with E-state index in [1.165, 1.54) is 12.1 Å². The van der Waals surface area contributed by atoms with E-state index in [9.17, 15) is 9.18 Å². The molecule has 0 saturated carbocycles. The van der Waals surface area contributed by atoms with Gasteiger partial charge in [0, 0.05) is 0 Å². The van der Waals surface area contributed by atoms with Crippen LogP contribution in [0.1, 0.15) is 21.7 Å². The van der Waals surface area contributed by atoms with Gasteiger partial charge in [0.1, 0.15) is 23.9 Å². The monoisotopic (exact) mass is 311 g/mol. The second kappa shape index (κ2) is 6.83. The number of ether oxygens (including phenoxy) is 1. The number of carbonyl (C=O) groups excluding carboxylic acids is 1. The van der Waals surface area contributed by atoms with E-state index in [2.05, 4.69) is 10.3 Å². The molecule has 0 fully saturated rings. The third-order valence-electron chi connectivity index (χ3n) is 3.32. The SMILES string of the molecule is O=Cc1nnn(Cc2cccc(F)c2)c1COc1ccccc1. The van der Waals surface area contributed by atoms with Crippen molar-refractivity contribution in [2.24, 2.45) is 0 Å². The van der Waals surface area contributed by atoms with Crippen LogP contribution >= 0.6 is 0 Å². The fourth-order valence-electron chi connectivity index (χ4n) is 2.19. The van der Waals surface area contributed by atoms with Crippen LogP contribution in [0.5, 0.6) is 5.75 Å². The predicted octanol–water partition coefficient (Wildman–Crippen LogP) is 2.86. The van der Waals surface area contributed by atoms with Crippen molar-refractivity contribution < 1.29 is 13.9 Å². The maximum atomic E-state index is 13.3. The van der Waals surface area contributed by atoms with Gasteiger partial charge in [-0.3, -0.25) is 4.79 Å². The maximum Gasteiger partial charge on any atom is 0.172 e. The molecule has 0 spiro atoms. The molecule has 116 valence electrons. The average molecular weight is 311 g/mol. The van der Waals surface area contributed by atoms with Gasteiger partial charge < -0.3 is 4.74 Å². The van der Waals surface area contributed by atoms with Crippen molar-refractivity contribution in [2.75, 3.05) is 0 Å². The largest absolute Gasteiger partial charge is 0.487 e. The Labute approximate surface area is 132 Å². The molecule has 0 aliphatic heterocycles. The van der Waals surface area contributed by atoms with Crippen LogP contribution < -0.4 is 4.74 Å². The molecule has 0 aliphatic rings. The minimum Gasteiger partial charge on any atom is -0.487 e. The van der Waals surface area contributed by atoms with Gasteiger partial charge in [0.05, 0.1) is 6.54 Å². The van der Waals surface area contributed by atoms with Crippen LogP contribution in [-0.2, 0) is 13.2 Å². The molecule has 1 heterocycles. The number of halogens is 1. The topological polar surface area (TPSA) is 57.0 Å². The van der Waals surface area contributed by atoms with Crippen LogP contribution in [-0.4, -0.2) is 21.3 Å². The standard InChI is InChI=1S/C17H14FN3O2/c18-14-6-4-5-13(9-14)10-21-17(16(11-22)19-20-21)12-23-15-7-2-1-3-8-15/h1-9,11H,10,12H2. The number of hydrogen-bond acceptors (Lipinski definition) is 4. The number of benzene rings is 2. The summed E-state index contributed by atoms with van der Waals surface area (Å²) in [5.74, 6) is 0.364. The third kappa shape index (κ3) is 3.60. The van der Waals surface area contributed by atoms with Crippen molar-refractivity contribution >= 4 is 6.29 Å². The van der Waals surface area contributed by atoms with Gasteiger partial charge in [-0.05, 0) is 29.8 Å². The first-order valence-corrected chi connectivity index (χ1v) is 7.06. The molecular formula is C17H14FN3O2.